The lowest BCUT2D eigenvalue weighted by atomic mass is 10.1. The molecule has 34 heavy (non-hydrogen) atoms. The highest BCUT2D eigenvalue weighted by molar-refractivity contribution is 7.93. The van der Waals surface area contributed by atoms with Crippen molar-refractivity contribution in [3.8, 4) is 11.4 Å². The van der Waals surface area contributed by atoms with Crippen molar-refractivity contribution in [1.29, 1.82) is 0 Å². The number of alkyl halides is 3. The summed E-state index contributed by atoms with van der Waals surface area (Å²) < 4.78 is 56.4. The second-order valence-electron chi connectivity index (χ2n) is 7.28. The van der Waals surface area contributed by atoms with Gasteiger partial charge in [-0.15, -0.1) is 0 Å². The summed E-state index contributed by atoms with van der Waals surface area (Å²) in [6.45, 7) is 3.32. The summed E-state index contributed by atoms with van der Waals surface area (Å²) in [5.41, 5.74) is -0.438. The minimum atomic E-state index is -4.79. The van der Waals surface area contributed by atoms with Crippen molar-refractivity contribution in [2.45, 2.75) is 26.1 Å². The third-order valence-corrected chi connectivity index (χ3v) is 6.60. The van der Waals surface area contributed by atoms with E-state index in [1.54, 1.807) is 32.2 Å². The molecular weight excluding hydrogens is 493 g/mol. The van der Waals surface area contributed by atoms with Crippen LogP contribution in [0.25, 0.3) is 11.4 Å². The molecule has 0 saturated heterocycles. The van der Waals surface area contributed by atoms with Crippen LogP contribution >= 0.6 is 11.6 Å². The molecule has 0 aromatic carbocycles. The Morgan fingerprint density at radius 3 is 2.50 bits per heavy atom. The normalized spacial score (nSPS) is 14.2. The molecule has 3 aromatic rings. The largest absolute Gasteiger partial charge is 0.418 e. The average molecular weight is 513 g/mol. The van der Waals surface area contributed by atoms with Crippen LogP contribution in [0.2, 0.25) is 5.15 Å². The van der Waals surface area contributed by atoms with E-state index in [4.69, 9.17) is 11.6 Å². The van der Waals surface area contributed by atoms with E-state index in [1.807, 2.05) is 0 Å². The first-order valence-electron chi connectivity index (χ1n) is 9.92. The molecule has 0 saturated carbocycles. The Balaban J connectivity index is 1.91. The van der Waals surface area contributed by atoms with Crippen LogP contribution in [0.1, 0.15) is 41.5 Å². The average Bonchev–Trinajstić information content (AvgIpc) is 2.78. The Kier molecular flexibility index (Phi) is 7.51. The first-order valence-corrected chi connectivity index (χ1v) is 12.4. The SMILES string of the molecule is CCS(C)(=O)=Nc1ccc(-c2nccnc2[C@H](C)NC(=O)c2cc(Cl)ncc2C(F)(F)F)nc1. The molecule has 3 aromatic heterocycles. The third kappa shape index (κ3) is 6.06. The van der Waals surface area contributed by atoms with Crippen molar-refractivity contribution in [2.75, 3.05) is 12.0 Å². The van der Waals surface area contributed by atoms with E-state index in [9.17, 15) is 22.2 Å². The lowest BCUT2D eigenvalue weighted by Crippen LogP contribution is -2.30. The first-order chi connectivity index (χ1) is 15.9. The number of nitrogens with one attached hydrogen (secondary N) is 1. The van der Waals surface area contributed by atoms with Gasteiger partial charge in [-0.25, -0.2) is 9.19 Å². The minimum absolute atomic E-state index is 0.250. The van der Waals surface area contributed by atoms with E-state index >= 15 is 0 Å². The molecule has 1 amide bonds. The fourth-order valence-corrected chi connectivity index (χ4v) is 3.76. The molecule has 1 N–H and O–H groups in total. The molecule has 8 nitrogen and oxygen atoms in total. The Hall–Kier alpha value is -3.12. The van der Waals surface area contributed by atoms with Gasteiger partial charge >= 0.3 is 6.18 Å². The highest BCUT2D eigenvalue weighted by atomic mass is 35.5. The summed E-state index contributed by atoms with van der Waals surface area (Å²) >= 11 is 5.72. The second-order valence-corrected chi connectivity index (χ2v) is 10.3. The molecule has 3 heterocycles. The quantitative estimate of drug-likeness (QED) is 0.473. The number of hydrogen-bond donors (Lipinski definition) is 1. The van der Waals surface area contributed by atoms with Crippen molar-refractivity contribution >= 4 is 32.9 Å². The van der Waals surface area contributed by atoms with Crippen molar-refractivity contribution in [3.63, 3.8) is 0 Å². The van der Waals surface area contributed by atoms with E-state index in [-0.39, 0.29) is 10.8 Å². The molecule has 180 valence electrons. The molecule has 13 heteroatoms. The Labute approximate surface area is 199 Å². The van der Waals surface area contributed by atoms with Gasteiger partial charge in [-0.2, -0.15) is 17.5 Å². The molecule has 1 unspecified atom stereocenters. The number of carbonyl (C=O) groups is 1. The second kappa shape index (κ2) is 10.0. The van der Waals surface area contributed by atoms with Gasteiger partial charge in [0.1, 0.15) is 10.8 Å². The summed E-state index contributed by atoms with van der Waals surface area (Å²) in [4.78, 5) is 28.9. The van der Waals surface area contributed by atoms with Crippen LogP contribution in [0.5, 0.6) is 0 Å². The molecule has 0 fully saturated rings. The molecule has 0 aliphatic rings. The van der Waals surface area contributed by atoms with Gasteiger partial charge in [0.2, 0.25) is 0 Å². The lowest BCUT2D eigenvalue weighted by molar-refractivity contribution is -0.138. The molecule has 2 atom stereocenters. The molecule has 0 aliphatic carbocycles. The number of rotatable bonds is 6. The summed E-state index contributed by atoms with van der Waals surface area (Å²) in [5.74, 6) is -0.612. The van der Waals surface area contributed by atoms with Gasteiger partial charge in [-0.1, -0.05) is 18.5 Å². The zero-order chi connectivity index (χ0) is 25.1. The molecule has 0 bridgehead atoms. The van der Waals surface area contributed by atoms with Crippen LogP contribution < -0.4 is 5.32 Å². The zero-order valence-corrected chi connectivity index (χ0v) is 19.9. The fraction of sp³-hybridized carbons (Fsp3) is 0.286. The molecular formula is C21H20ClF3N6O2S. The van der Waals surface area contributed by atoms with Crippen molar-refractivity contribution in [3.05, 3.63) is 65.0 Å². The highest BCUT2D eigenvalue weighted by Crippen LogP contribution is 2.33. The van der Waals surface area contributed by atoms with Gasteiger partial charge in [-0.05, 0) is 25.1 Å². The molecule has 3 rings (SSSR count). The van der Waals surface area contributed by atoms with Crippen LogP contribution in [-0.4, -0.2) is 42.1 Å². The standard InChI is InChI=1S/C21H20ClF3N6O2S/c1-4-34(3,33)31-13-5-6-16(28-10-13)19-18(26-7-8-27-19)12(2)30-20(32)14-9-17(22)29-11-15(14)21(23,24)25/h5-12H,4H2,1-3H3,(H,30,32)/t12-,34?/m0/s1. The van der Waals surface area contributed by atoms with Crippen LogP contribution in [0.3, 0.4) is 0 Å². The van der Waals surface area contributed by atoms with E-state index in [0.717, 1.165) is 6.07 Å². The molecule has 0 spiro atoms. The summed E-state index contributed by atoms with van der Waals surface area (Å²) in [7, 11) is -2.36. The number of pyridine rings is 2. The molecule has 0 radical (unpaired) electrons. The number of aromatic nitrogens is 4. The van der Waals surface area contributed by atoms with Crippen molar-refractivity contribution < 1.29 is 22.2 Å². The lowest BCUT2D eigenvalue weighted by Gasteiger charge is -2.18. The number of nitrogens with zero attached hydrogens (tertiary/aromatic N) is 5. The van der Waals surface area contributed by atoms with Crippen molar-refractivity contribution in [2.24, 2.45) is 4.36 Å². The monoisotopic (exact) mass is 512 g/mol. The van der Waals surface area contributed by atoms with E-state index < -0.39 is 39.0 Å². The summed E-state index contributed by atoms with van der Waals surface area (Å²) in [6, 6.07) is 3.26. The van der Waals surface area contributed by atoms with E-state index in [0.29, 0.717) is 29.0 Å². The van der Waals surface area contributed by atoms with Crippen LogP contribution in [0.4, 0.5) is 18.9 Å². The zero-order valence-electron chi connectivity index (χ0n) is 18.3. The predicted octanol–water partition coefficient (Wildman–Crippen LogP) is 4.85. The smallest absolute Gasteiger partial charge is 0.344 e. The number of hydrogen-bond acceptors (Lipinski definition) is 7. The van der Waals surface area contributed by atoms with E-state index in [2.05, 4.69) is 29.6 Å². The van der Waals surface area contributed by atoms with Gasteiger partial charge < -0.3 is 5.32 Å². The van der Waals surface area contributed by atoms with E-state index in [1.165, 1.54) is 18.6 Å². The fourth-order valence-electron chi connectivity index (χ4n) is 2.92. The number of halogens is 4. The number of amides is 1. The van der Waals surface area contributed by atoms with Gasteiger partial charge in [-0.3, -0.25) is 19.7 Å². The maximum absolute atomic E-state index is 13.3. The van der Waals surface area contributed by atoms with Gasteiger partial charge in [0.05, 0.1) is 40.4 Å². The highest BCUT2D eigenvalue weighted by Gasteiger charge is 2.36. The van der Waals surface area contributed by atoms with Crippen molar-refractivity contribution in [1.82, 2.24) is 25.3 Å². The third-order valence-electron chi connectivity index (χ3n) is 4.73. The van der Waals surface area contributed by atoms with Gasteiger partial charge in [0, 0.05) is 40.3 Å². The molecule has 0 aliphatic heterocycles. The Bertz CT molecular complexity index is 1320. The minimum Gasteiger partial charge on any atom is -0.344 e. The topological polar surface area (TPSA) is 110 Å². The first kappa shape index (κ1) is 25.5. The van der Waals surface area contributed by atoms with Crippen LogP contribution in [0, 0.1) is 0 Å². The van der Waals surface area contributed by atoms with Crippen LogP contribution in [0.15, 0.2) is 47.3 Å². The van der Waals surface area contributed by atoms with Gasteiger partial charge in [0.15, 0.2) is 0 Å². The van der Waals surface area contributed by atoms with Gasteiger partial charge in [0.25, 0.3) is 5.91 Å². The maximum Gasteiger partial charge on any atom is 0.418 e. The number of carbonyl (C=O) groups excluding carboxylic acids is 1. The Morgan fingerprint density at radius 2 is 1.88 bits per heavy atom. The predicted molar refractivity (Wildman–Crippen MR) is 122 cm³/mol. The summed E-state index contributed by atoms with van der Waals surface area (Å²) in [6.07, 6.45) is 1.52. The Morgan fingerprint density at radius 1 is 1.18 bits per heavy atom. The summed E-state index contributed by atoms with van der Waals surface area (Å²) in [5, 5.41) is 2.25. The maximum atomic E-state index is 13.3. The van der Waals surface area contributed by atoms with Crippen LogP contribution in [-0.2, 0) is 15.9 Å².